The Hall–Kier alpha value is 0.177. The van der Waals surface area contributed by atoms with Crippen molar-refractivity contribution in [1.82, 2.24) is 0 Å². The van der Waals surface area contributed by atoms with Crippen LogP contribution in [-0.4, -0.2) is 15.3 Å². The van der Waals surface area contributed by atoms with Crippen LogP contribution in [0.15, 0.2) is 0 Å². The van der Waals surface area contributed by atoms with Gasteiger partial charge >= 0.3 is 0 Å². The van der Waals surface area contributed by atoms with Crippen LogP contribution in [0, 0.1) is 11.8 Å². The lowest BCUT2D eigenvalue weighted by atomic mass is 9.90. The fourth-order valence-corrected chi connectivity index (χ4v) is 2.86. The Bertz CT molecular complexity index is 90.4. The first kappa shape index (κ1) is 10.3. The fraction of sp³-hybridized carbons (Fsp3) is 1.00. The summed E-state index contributed by atoms with van der Waals surface area (Å²) in [7, 11) is 0.306. The van der Waals surface area contributed by atoms with Crippen LogP contribution in [0.1, 0.15) is 51.4 Å². The third-order valence-corrected chi connectivity index (χ3v) is 3.47. The number of rotatable bonds is 1. The predicted octanol–water partition coefficient (Wildman–Crippen LogP) is 1.63. The van der Waals surface area contributed by atoms with Gasteiger partial charge in [0.25, 0.3) is 0 Å². The second-order valence-corrected chi connectivity index (χ2v) is 4.09. The summed E-state index contributed by atoms with van der Waals surface area (Å²) in [6, 6.07) is 0. The van der Waals surface area contributed by atoms with Gasteiger partial charge in [-0.15, -0.1) is 0 Å². The van der Waals surface area contributed by atoms with Gasteiger partial charge in [0.15, 0.2) is 0 Å². The van der Waals surface area contributed by atoms with Crippen molar-refractivity contribution in [3.63, 3.8) is 0 Å². The maximum absolute atomic E-state index is 7.14. The Kier molecular flexibility index (Phi) is 4.92. The molecule has 2 aliphatic rings. The highest BCUT2D eigenvalue weighted by Crippen LogP contribution is 2.39. The van der Waals surface area contributed by atoms with E-state index >= 15 is 0 Å². The molecule has 0 bridgehead atoms. The first-order valence-corrected chi connectivity index (χ1v) is 6.31. The van der Waals surface area contributed by atoms with E-state index < -0.39 is 0 Å². The van der Waals surface area contributed by atoms with Gasteiger partial charge in [0, 0.05) is 0 Å². The molecule has 0 aromatic carbocycles. The highest BCUT2D eigenvalue weighted by Gasteiger charge is 2.26. The third-order valence-electron chi connectivity index (χ3n) is 3.47. The van der Waals surface area contributed by atoms with Gasteiger partial charge < -0.3 is 4.80 Å². The Morgan fingerprint density at radius 2 is 0.917 bits per heavy atom. The summed E-state index contributed by atoms with van der Waals surface area (Å²) in [5.74, 6) is 2.31. The highest BCUT2D eigenvalue weighted by molar-refractivity contribution is 5.95. The van der Waals surface area contributed by atoms with E-state index in [1.165, 1.54) is 25.7 Å². The molecule has 12 heavy (non-hydrogen) atoms. The summed E-state index contributed by atoms with van der Waals surface area (Å²) < 4.78 is 0. The molecular weight excluding hydrogens is 164 g/mol. The molecule has 72 valence electrons. The van der Waals surface area contributed by atoms with Gasteiger partial charge in [-0.25, -0.2) is 0 Å². The van der Waals surface area contributed by atoms with Crippen LogP contribution < -0.4 is 0 Å². The molecule has 0 spiro atoms. The first-order valence-electron chi connectivity index (χ1n) is 5.41. The van der Waals surface area contributed by atoms with E-state index in [1.807, 2.05) is 0 Å². The Balaban J connectivity index is 0.000000336. The molecule has 0 aromatic rings. The Morgan fingerprint density at radius 1 is 0.667 bits per heavy atom. The van der Waals surface area contributed by atoms with Crippen LogP contribution >= 0.6 is 0 Å². The van der Waals surface area contributed by atoms with Gasteiger partial charge in [0.05, 0.1) is 0 Å². The monoisotopic (exact) mass is 186 g/mol. The van der Waals surface area contributed by atoms with Crippen LogP contribution in [0.5, 0.6) is 0 Å². The van der Waals surface area contributed by atoms with E-state index in [0.29, 0.717) is 10.5 Å². The van der Waals surface area contributed by atoms with Crippen molar-refractivity contribution >= 4 is 10.5 Å². The minimum absolute atomic E-state index is 0.306. The zero-order valence-corrected chi connectivity index (χ0v) is 10.3. The summed E-state index contributed by atoms with van der Waals surface area (Å²) in [6.45, 7) is 0. The molecule has 0 atom stereocenters. The zero-order chi connectivity index (χ0) is 8.81. The van der Waals surface area contributed by atoms with Gasteiger partial charge in [-0.2, -0.15) is 0 Å². The molecule has 0 saturated heterocycles. The van der Waals surface area contributed by atoms with Gasteiger partial charge in [0.2, 0.25) is 0 Å². The minimum Gasteiger partial charge on any atom is -0.442 e. The molecule has 2 aliphatic carbocycles. The van der Waals surface area contributed by atoms with E-state index in [9.17, 15) is 0 Å². The lowest BCUT2D eigenvalue weighted by molar-refractivity contribution is 0.347. The molecule has 0 heterocycles. The maximum Gasteiger partial charge on any atom is 0.141 e. The molecular formula is C10H22OSi. The molecule has 2 saturated carbocycles. The lowest BCUT2D eigenvalue weighted by Crippen LogP contribution is -2.06. The standard InChI is InChI=1S/C10H18.H4OSi/c1-2-6-9(5-1)10-7-3-4-8-10;1-2/h9-10H,1-8H2;1H,2H3. The molecule has 0 aromatic heterocycles. The second-order valence-electron chi connectivity index (χ2n) is 4.09. The van der Waals surface area contributed by atoms with E-state index in [0.717, 1.165) is 11.8 Å². The topological polar surface area (TPSA) is 20.2 Å². The van der Waals surface area contributed by atoms with E-state index in [4.69, 9.17) is 4.80 Å². The van der Waals surface area contributed by atoms with Crippen molar-refractivity contribution in [1.29, 1.82) is 0 Å². The van der Waals surface area contributed by atoms with Crippen molar-refractivity contribution in [3.8, 4) is 0 Å². The largest absolute Gasteiger partial charge is 0.442 e. The highest BCUT2D eigenvalue weighted by atomic mass is 28.2. The van der Waals surface area contributed by atoms with Gasteiger partial charge in [-0.3, -0.25) is 0 Å². The van der Waals surface area contributed by atoms with E-state index in [-0.39, 0.29) is 0 Å². The molecule has 2 heteroatoms. The normalized spacial score (nSPS) is 25.8. The van der Waals surface area contributed by atoms with Crippen molar-refractivity contribution in [2.24, 2.45) is 11.8 Å². The summed E-state index contributed by atoms with van der Waals surface area (Å²) in [5, 5.41) is 0. The average Bonchev–Trinajstić information content (AvgIpc) is 2.80. The third kappa shape index (κ3) is 2.59. The van der Waals surface area contributed by atoms with Crippen LogP contribution in [0.2, 0.25) is 0 Å². The van der Waals surface area contributed by atoms with Crippen LogP contribution in [0.25, 0.3) is 0 Å². The molecule has 0 unspecified atom stereocenters. The van der Waals surface area contributed by atoms with Crippen LogP contribution in [0.3, 0.4) is 0 Å². The van der Waals surface area contributed by atoms with E-state index in [1.54, 1.807) is 25.7 Å². The molecule has 0 aliphatic heterocycles. The fourth-order valence-electron chi connectivity index (χ4n) is 2.86. The molecule has 0 radical (unpaired) electrons. The van der Waals surface area contributed by atoms with Gasteiger partial charge in [-0.05, 0) is 11.8 Å². The number of hydrogen-bond acceptors (Lipinski definition) is 1. The van der Waals surface area contributed by atoms with E-state index in [2.05, 4.69) is 0 Å². The molecule has 2 rings (SSSR count). The summed E-state index contributed by atoms with van der Waals surface area (Å²) in [6.07, 6.45) is 12.4. The first-order chi connectivity index (χ1) is 5.97. The van der Waals surface area contributed by atoms with Crippen molar-refractivity contribution in [2.75, 3.05) is 0 Å². The quantitative estimate of drug-likeness (QED) is 0.617. The van der Waals surface area contributed by atoms with Gasteiger partial charge in [0.1, 0.15) is 10.5 Å². The minimum atomic E-state index is 0.306. The van der Waals surface area contributed by atoms with Gasteiger partial charge in [-0.1, -0.05) is 51.4 Å². The smallest absolute Gasteiger partial charge is 0.141 e. The zero-order valence-electron chi connectivity index (χ0n) is 8.26. The van der Waals surface area contributed by atoms with Crippen molar-refractivity contribution < 1.29 is 4.80 Å². The van der Waals surface area contributed by atoms with Crippen molar-refractivity contribution in [3.05, 3.63) is 0 Å². The Morgan fingerprint density at radius 3 is 1.17 bits per heavy atom. The van der Waals surface area contributed by atoms with Crippen LogP contribution in [0.4, 0.5) is 0 Å². The molecule has 1 N–H and O–H groups in total. The number of hydrogen-bond donors (Lipinski definition) is 1. The molecule has 0 amide bonds. The Labute approximate surface area is 79.1 Å². The maximum atomic E-state index is 7.14. The molecule has 1 nitrogen and oxygen atoms in total. The summed E-state index contributed by atoms with van der Waals surface area (Å²) in [5.41, 5.74) is 0. The van der Waals surface area contributed by atoms with Crippen molar-refractivity contribution in [2.45, 2.75) is 51.4 Å². The predicted molar refractivity (Wildman–Crippen MR) is 56.1 cm³/mol. The summed E-state index contributed by atoms with van der Waals surface area (Å²) in [4.78, 5) is 7.14. The average molecular weight is 186 g/mol. The summed E-state index contributed by atoms with van der Waals surface area (Å²) >= 11 is 0. The second kappa shape index (κ2) is 5.76. The SMILES string of the molecule is C1CCC(C2CCCC2)C1.O[SiH3]. The van der Waals surface area contributed by atoms with Crippen LogP contribution in [-0.2, 0) is 0 Å². The molecule has 2 fully saturated rings. The lowest BCUT2D eigenvalue weighted by Gasteiger charge is -2.16.